The van der Waals surface area contributed by atoms with Gasteiger partial charge in [-0.25, -0.2) is 19.3 Å². The Bertz CT molecular complexity index is 1780. The van der Waals surface area contributed by atoms with Crippen molar-refractivity contribution in [2.45, 2.75) is 26.8 Å². The van der Waals surface area contributed by atoms with Gasteiger partial charge in [0.2, 0.25) is 5.95 Å². The Hall–Kier alpha value is -4.71. The molecule has 1 saturated heterocycles. The molecule has 6 heterocycles. The molecule has 3 aliphatic rings. The maximum Gasteiger partial charge on any atom is 0.278 e. The van der Waals surface area contributed by atoms with Gasteiger partial charge in [0.05, 0.1) is 6.54 Å². The minimum atomic E-state index is -0.220. The van der Waals surface area contributed by atoms with Crippen LogP contribution in [0, 0.1) is 5.41 Å². The SMILES string of the molecule is CN1CCN(c2ccc(Nc3ncc4c(=O)n5n(c4n3)-c3ccc4c(n3)N(CC(C)(C)C/C=C\C5)C(=O)CO4)cc2)CC1. The molecule has 1 amide bonds. The van der Waals surface area contributed by atoms with Gasteiger partial charge < -0.3 is 19.9 Å². The highest BCUT2D eigenvalue weighted by Crippen LogP contribution is 2.35. The van der Waals surface area contributed by atoms with Crippen LogP contribution in [0.25, 0.3) is 16.9 Å². The number of nitrogens with one attached hydrogen (secondary N) is 1. The number of carbonyl (C=O) groups is 1. The third kappa shape index (κ3) is 5.11. The summed E-state index contributed by atoms with van der Waals surface area (Å²) in [6.07, 6.45) is 6.32. The maximum atomic E-state index is 13.6. The number of likely N-dealkylation sites (N-methyl/N-ethyl adjacent to an activating group) is 1. The second-order valence-electron chi connectivity index (χ2n) is 12.2. The molecule has 3 aliphatic heterocycles. The fourth-order valence-corrected chi connectivity index (χ4v) is 5.85. The quantitative estimate of drug-likeness (QED) is 0.365. The summed E-state index contributed by atoms with van der Waals surface area (Å²) < 4.78 is 9.02. The summed E-state index contributed by atoms with van der Waals surface area (Å²) in [6, 6.07) is 11.8. The van der Waals surface area contributed by atoms with E-state index in [-0.39, 0.29) is 23.5 Å². The standard InChI is InChI=1S/C31H35N9O3/c1-31(2)12-4-5-13-39-29(42)23-18-32-30(33-21-6-8-22(9-7-21)37-16-14-36(3)15-17-37)35-27(23)40(39)25-11-10-24-28(34-25)38(20-31)26(41)19-43-24/h4-11,18H,12-17,19-20H2,1-3H3,(H,32,33,35)/b5-4-. The average molecular weight is 582 g/mol. The summed E-state index contributed by atoms with van der Waals surface area (Å²) in [5.74, 6) is 1.66. The van der Waals surface area contributed by atoms with Crippen LogP contribution in [0.2, 0.25) is 0 Å². The lowest BCUT2D eigenvalue weighted by Gasteiger charge is -2.35. The zero-order valence-corrected chi connectivity index (χ0v) is 24.7. The number of anilines is 4. The fraction of sp³-hybridized carbons (Fsp3) is 0.387. The van der Waals surface area contributed by atoms with Gasteiger partial charge in [0.15, 0.2) is 29.6 Å². The van der Waals surface area contributed by atoms with E-state index in [1.54, 1.807) is 32.6 Å². The Labute approximate surface area is 249 Å². The molecule has 12 heteroatoms. The maximum absolute atomic E-state index is 13.6. The van der Waals surface area contributed by atoms with Gasteiger partial charge >= 0.3 is 0 Å². The number of aromatic nitrogens is 5. The number of benzene rings is 1. The minimum Gasteiger partial charge on any atom is -0.480 e. The highest BCUT2D eigenvalue weighted by atomic mass is 16.5. The number of ether oxygens (including phenoxy) is 1. The van der Waals surface area contributed by atoms with Crippen molar-refractivity contribution in [3.8, 4) is 11.6 Å². The van der Waals surface area contributed by atoms with E-state index in [2.05, 4.69) is 59.2 Å². The second kappa shape index (κ2) is 10.5. The largest absolute Gasteiger partial charge is 0.480 e. The monoisotopic (exact) mass is 581 g/mol. The summed E-state index contributed by atoms with van der Waals surface area (Å²) in [7, 11) is 2.15. The molecule has 0 spiro atoms. The molecule has 3 aromatic heterocycles. The predicted molar refractivity (Wildman–Crippen MR) is 166 cm³/mol. The van der Waals surface area contributed by atoms with Gasteiger partial charge in [-0.05, 0) is 55.3 Å². The van der Waals surface area contributed by atoms with Crippen molar-refractivity contribution < 1.29 is 9.53 Å². The van der Waals surface area contributed by atoms with E-state index >= 15 is 0 Å². The van der Waals surface area contributed by atoms with E-state index in [0.29, 0.717) is 47.5 Å². The number of rotatable bonds is 3. The summed E-state index contributed by atoms with van der Waals surface area (Å²) in [6.45, 7) is 9.11. The Morgan fingerprint density at radius 2 is 1.74 bits per heavy atom. The number of carbonyl (C=O) groups excluding carboxylic acids is 1. The number of nitrogens with zero attached hydrogens (tertiary/aromatic N) is 8. The van der Waals surface area contributed by atoms with Gasteiger partial charge in [0.25, 0.3) is 11.5 Å². The van der Waals surface area contributed by atoms with Crippen LogP contribution in [0.15, 0.2) is 59.5 Å². The molecule has 0 atom stereocenters. The molecule has 43 heavy (non-hydrogen) atoms. The highest BCUT2D eigenvalue weighted by Gasteiger charge is 2.33. The lowest BCUT2D eigenvalue weighted by molar-refractivity contribution is -0.121. The van der Waals surface area contributed by atoms with Crippen LogP contribution in [0.4, 0.5) is 23.1 Å². The molecule has 1 N–H and O–H groups in total. The molecule has 1 fully saturated rings. The summed E-state index contributed by atoms with van der Waals surface area (Å²) >= 11 is 0. The molecule has 7 rings (SSSR count). The summed E-state index contributed by atoms with van der Waals surface area (Å²) in [5, 5.41) is 3.67. The second-order valence-corrected chi connectivity index (χ2v) is 12.2. The van der Waals surface area contributed by atoms with E-state index < -0.39 is 0 Å². The highest BCUT2D eigenvalue weighted by molar-refractivity contribution is 5.97. The van der Waals surface area contributed by atoms with Crippen molar-refractivity contribution in [2.24, 2.45) is 5.41 Å². The Kier molecular flexibility index (Phi) is 6.65. The first-order valence-corrected chi connectivity index (χ1v) is 14.6. The van der Waals surface area contributed by atoms with Crippen LogP contribution >= 0.6 is 0 Å². The van der Waals surface area contributed by atoms with Crippen LogP contribution in [0.5, 0.6) is 5.75 Å². The average Bonchev–Trinajstić information content (AvgIpc) is 3.27. The molecule has 0 saturated carbocycles. The fourth-order valence-electron chi connectivity index (χ4n) is 5.85. The number of hydrogen-bond donors (Lipinski definition) is 1. The van der Waals surface area contributed by atoms with Gasteiger partial charge in [0, 0.05) is 50.3 Å². The van der Waals surface area contributed by atoms with Crippen LogP contribution in [-0.4, -0.2) is 81.5 Å². The third-order valence-corrected chi connectivity index (χ3v) is 8.32. The van der Waals surface area contributed by atoms with Gasteiger partial charge in [-0.2, -0.15) is 4.98 Å². The van der Waals surface area contributed by atoms with Crippen molar-refractivity contribution >= 4 is 40.1 Å². The number of hydrogen-bond acceptors (Lipinski definition) is 9. The Morgan fingerprint density at radius 3 is 2.53 bits per heavy atom. The molecule has 0 radical (unpaired) electrons. The summed E-state index contributed by atoms with van der Waals surface area (Å²) in [5.41, 5.74) is 2.02. The zero-order chi connectivity index (χ0) is 29.7. The van der Waals surface area contributed by atoms with E-state index in [9.17, 15) is 9.59 Å². The number of pyridine rings is 1. The van der Waals surface area contributed by atoms with Gasteiger partial charge in [-0.15, -0.1) is 0 Å². The van der Waals surface area contributed by atoms with E-state index in [0.717, 1.165) is 38.3 Å². The Morgan fingerprint density at radius 1 is 0.953 bits per heavy atom. The van der Waals surface area contributed by atoms with Gasteiger partial charge in [-0.1, -0.05) is 26.0 Å². The zero-order valence-electron chi connectivity index (χ0n) is 24.7. The van der Waals surface area contributed by atoms with Crippen LogP contribution in [0.1, 0.15) is 20.3 Å². The van der Waals surface area contributed by atoms with Crippen molar-refractivity contribution in [1.29, 1.82) is 0 Å². The summed E-state index contributed by atoms with van der Waals surface area (Å²) in [4.78, 5) is 47.1. The lowest BCUT2D eigenvalue weighted by Crippen LogP contribution is -2.44. The molecule has 1 aromatic carbocycles. The molecular formula is C31H35N9O3. The first-order valence-electron chi connectivity index (χ1n) is 14.6. The first kappa shape index (κ1) is 27.1. The van der Waals surface area contributed by atoms with E-state index in [4.69, 9.17) is 14.7 Å². The first-order chi connectivity index (χ1) is 20.8. The van der Waals surface area contributed by atoms with Crippen molar-refractivity contribution in [3.05, 3.63) is 65.1 Å². The smallest absolute Gasteiger partial charge is 0.278 e. The van der Waals surface area contributed by atoms with Crippen molar-refractivity contribution in [2.75, 3.05) is 61.5 Å². The Balaban J connectivity index is 1.27. The molecule has 12 nitrogen and oxygen atoms in total. The topological polar surface area (TPSA) is 114 Å². The van der Waals surface area contributed by atoms with E-state index in [1.807, 2.05) is 18.2 Å². The number of amides is 1. The minimum absolute atomic E-state index is 0.0320. The van der Waals surface area contributed by atoms with Crippen molar-refractivity contribution in [1.82, 2.24) is 29.2 Å². The van der Waals surface area contributed by atoms with Gasteiger partial charge in [-0.3, -0.25) is 14.5 Å². The number of piperazine rings is 1. The third-order valence-electron chi connectivity index (χ3n) is 8.32. The molecule has 0 aliphatic carbocycles. The molecular weight excluding hydrogens is 546 g/mol. The lowest BCUT2D eigenvalue weighted by atomic mass is 9.88. The molecule has 2 bridgehead atoms. The molecule has 222 valence electrons. The normalized spacial score (nSPS) is 19.3. The van der Waals surface area contributed by atoms with Gasteiger partial charge in [0.1, 0.15) is 5.39 Å². The number of fused-ring (bicyclic) bond motifs is 5. The van der Waals surface area contributed by atoms with E-state index in [1.165, 1.54) is 5.69 Å². The molecule has 4 aromatic rings. The molecule has 0 unspecified atom stereocenters. The van der Waals surface area contributed by atoms with Crippen LogP contribution in [-0.2, 0) is 11.3 Å². The van der Waals surface area contributed by atoms with Crippen LogP contribution < -0.4 is 25.4 Å². The number of allylic oxidation sites excluding steroid dienone is 2. The van der Waals surface area contributed by atoms with Crippen molar-refractivity contribution in [3.63, 3.8) is 0 Å². The van der Waals surface area contributed by atoms with Crippen LogP contribution in [0.3, 0.4) is 0 Å². The predicted octanol–water partition coefficient (Wildman–Crippen LogP) is 3.18.